The Hall–Kier alpha value is -3.15. The molecule has 0 aliphatic carbocycles. The highest BCUT2D eigenvalue weighted by Gasteiger charge is 2.14. The van der Waals surface area contributed by atoms with E-state index in [9.17, 15) is 0 Å². The number of nitrogens with one attached hydrogen (secondary N) is 1. The van der Waals surface area contributed by atoms with E-state index in [1.807, 2.05) is 18.2 Å². The average molecular weight is 391 g/mol. The van der Waals surface area contributed by atoms with Gasteiger partial charge in [0.15, 0.2) is 5.82 Å². The Morgan fingerprint density at radius 1 is 0.931 bits per heavy atom. The van der Waals surface area contributed by atoms with Gasteiger partial charge in [-0.2, -0.15) is 10.1 Å². The molecule has 6 nitrogen and oxygen atoms in total. The summed E-state index contributed by atoms with van der Waals surface area (Å²) < 4.78 is 0. The van der Waals surface area contributed by atoms with Gasteiger partial charge in [-0.25, -0.2) is 0 Å². The van der Waals surface area contributed by atoms with Gasteiger partial charge in [-0.05, 0) is 57.5 Å². The van der Waals surface area contributed by atoms with Crippen molar-refractivity contribution < 1.29 is 0 Å². The second kappa shape index (κ2) is 9.87. The second-order valence-corrected chi connectivity index (χ2v) is 7.19. The van der Waals surface area contributed by atoms with Gasteiger partial charge in [-0.15, -0.1) is 5.10 Å². The Labute approximate surface area is 173 Å². The summed E-state index contributed by atoms with van der Waals surface area (Å²) in [5.74, 6) is 1.30. The van der Waals surface area contributed by atoms with Crippen LogP contribution in [0.25, 0.3) is 0 Å². The van der Waals surface area contributed by atoms with Crippen molar-refractivity contribution >= 4 is 23.1 Å². The summed E-state index contributed by atoms with van der Waals surface area (Å²) >= 11 is 0. The van der Waals surface area contributed by atoms with Crippen molar-refractivity contribution in [3.63, 3.8) is 0 Å². The minimum Gasteiger partial charge on any atom is -0.372 e. The van der Waals surface area contributed by atoms with Gasteiger partial charge < -0.3 is 15.1 Å². The Morgan fingerprint density at radius 3 is 2.24 bits per heavy atom. The molecule has 0 saturated heterocycles. The first kappa shape index (κ1) is 20.6. The largest absolute Gasteiger partial charge is 0.372 e. The Kier molecular flexibility index (Phi) is 7.00. The van der Waals surface area contributed by atoms with E-state index < -0.39 is 0 Å². The first-order chi connectivity index (χ1) is 14.1. The van der Waals surface area contributed by atoms with Crippen LogP contribution in [0, 0.1) is 0 Å². The second-order valence-electron chi connectivity index (χ2n) is 7.19. The summed E-state index contributed by atoms with van der Waals surface area (Å²) in [5.41, 5.74) is 3.39. The zero-order valence-corrected chi connectivity index (χ0v) is 17.7. The van der Waals surface area contributed by atoms with Crippen molar-refractivity contribution in [3.05, 3.63) is 66.4 Å². The lowest BCUT2D eigenvalue weighted by molar-refractivity contribution is 0.668. The normalized spacial score (nSPS) is 10.8. The molecule has 0 spiro atoms. The van der Waals surface area contributed by atoms with Crippen LogP contribution in [-0.2, 0) is 6.54 Å². The van der Waals surface area contributed by atoms with Crippen molar-refractivity contribution in [1.29, 1.82) is 0 Å². The zero-order chi connectivity index (χ0) is 20.6. The fraction of sp³-hybridized carbons (Fsp3) is 0.348. The molecule has 0 bridgehead atoms. The van der Waals surface area contributed by atoms with Crippen molar-refractivity contribution in [2.75, 3.05) is 28.2 Å². The van der Waals surface area contributed by atoms with Crippen LogP contribution >= 0.6 is 0 Å². The van der Waals surface area contributed by atoms with E-state index in [-0.39, 0.29) is 6.04 Å². The highest BCUT2D eigenvalue weighted by atomic mass is 15.3. The van der Waals surface area contributed by atoms with Crippen LogP contribution in [0.3, 0.4) is 0 Å². The number of nitrogens with zero attached hydrogens (tertiary/aromatic N) is 5. The quantitative estimate of drug-likeness (QED) is 0.562. The molecule has 0 aliphatic rings. The van der Waals surface area contributed by atoms with Gasteiger partial charge in [0.2, 0.25) is 5.95 Å². The fourth-order valence-electron chi connectivity index (χ4n) is 3.27. The maximum Gasteiger partial charge on any atom is 0.249 e. The number of hydrogen-bond acceptors (Lipinski definition) is 6. The summed E-state index contributed by atoms with van der Waals surface area (Å²) in [5, 5.41) is 11.6. The Morgan fingerprint density at radius 2 is 1.62 bits per heavy atom. The van der Waals surface area contributed by atoms with Crippen molar-refractivity contribution in [2.24, 2.45) is 0 Å². The molecule has 0 amide bonds. The minimum atomic E-state index is 0.285. The van der Waals surface area contributed by atoms with Gasteiger partial charge in [0.1, 0.15) is 0 Å². The van der Waals surface area contributed by atoms with Crippen LogP contribution in [0.15, 0.2) is 60.8 Å². The first-order valence-corrected chi connectivity index (χ1v) is 10.2. The smallest absolute Gasteiger partial charge is 0.249 e. The molecule has 1 N–H and O–H groups in total. The predicted molar refractivity (Wildman–Crippen MR) is 121 cm³/mol. The van der Waals surface area contributed by atoms with Gasteiger partial charge in [-0.3, -0.25) is 0 Å². The third-order valence-corrected chi connectivity index (χ3v) is 4.91. The monoisotopic (exact) mass is 390 g/mol. The number of hydrogen-bond donors (Lipinski definition) is 1. The molecule has 0 radical (unpaired) electrons. The van der Waals surface area contributed by atoms with Crippen LogP contribution in [0.1, 0.15) is 33.3 Å². The number of rotatable bonds is 9. The van der Waals surface area contributed by atoms with E-state index >= 15 is 0 Å². The Balaban J connectivity index is 1.76. The fourth-order valence-corrected chi connectivity index (χ4v) is 3.27. The summed E-state index contributed by atoms with van der Waals surface area (Å²) in [6, 6.07) is 19.0. The van der Waals surface area contributed by atoms with E-state index in [0.29, 0.717) is 5.95 Å². The SMILES string of the molecule is CCN(CC)c1ccc(Nc2nncc(N(Cc3ccccc3)C(C)C)n2)cc1. The molecule has 3 aromatic rings. The molecule has 2 aromatic carbocycles. The molecule has 1 aromatic heterocycles. The Bertz CT molecular complexity index is 875. The number of aromatic nitrogens is 3. The molecular weight excluding hydrogens is 360 g/mol. The molecule has 3 rings (SSSR count). The number of benzene rings is 2. The summed E-state index contributed by atoms with van der Waals surface area (Å²) in [6.07, 6.45) is 1.72. The molecular formula is C23H30N6. The lowest BCUT2D eigenvalue weighted by Gasteiger charge is -2.27. The molecule has 29 heavy (non-hydrogen) atoms. The molecule has 0 saturated carbocycles. The van der Waals surface area contributed by atoms with Crippen LogP contribution in [0.2, 0.25) is 0 Å². The van der Waals surface area contributed by atoms with Crippen LogP contribution in [-0.4, -0.2) is 34.3 Å². The standard InChI is InChI=1S/C23H30N6/c1-5-28(6-2)21-14-12-20(13-15-21)25-23-26-22(16-24-27-23)29(18(3)4)17-19-10-8-7-9-11-19/h7-16,18H,5-6,17H2,1-4H3,(H,25,26,27). The third kappa shape index (κ3) is 5.44. The molecule has 0 atom stereocenters. The van der Waals surface area contributed by atoms with Gasteiger partial charge in [-0.1, -0.05) is 30.3 Å². The van der Waals surface area contributed by atoms with Crippen LogP contribution in [0.4, 0.5) is 23.1 Å². The molecule has 6 heteroatoms. The molecule has 152 valence electrons. The maximum atomic E-state index is 4.71. The highest BCUT2D eigenvalue weighted by Crippen LogP contribution is 2.22. The van der Waals surface area contributed by atoms with E-state index in [2.05, 4.69) is 89.4 Å². The van der Waals surface area contributed by atoms with Gasteiger partial charge in [0.25, 0.3) is 0 Å². The van der Waals surface area contributed by atoms with E-state index in [1.165, 1.54) is 11.3 Å². The van der Waals surface area contributed by atoms with Crippen molar-refractivity contribution in [1.82, 2.24) is 15.2 Å². The lowest BCUT2D eigenvalue weighted by atomic mass is 10.2. The highest BCUT2D eigenvalue weighted by molar-refractivity contribution is 5.59. The average Bonchev–Trinajstić information content (AvgIpc) is 2.75. The summed E-state index contributed by atoms with van der Waals surface area (Å²) in [4.78, 5) is 9.24. The zero-order valence-electron chi connectivity index (χ0n) is 17.7. The number of anilines is 4. The molecule has 0 unspecified atom stereocenters. The van der Waals surface area contributed by atoms with Crippen molar-refractivity contribution in [2.45, 2.75) is 40.3 Å². The maximum absolute atomic E-state index is 4.71. The van der Waals surface area contributed by atoms with E-state index in [4.69, 9.17) is 4.98 Å². The van der Waals surface area contributed by atoms with Gasteiger partial charge >= 0.3 is 0 Å². The predicted octanol–water partition coefficient (Wildman–Crippen LogP) is 4.88. The van der Waals surface area contributed by atoms with Crippen LogP contribution < -0.4 is 15.1 Å². The van der Waals surface area contributed by atoms with Gasteiger partial charge in [0.05, 0.1) is 6.20 Å². The van der Waals surface area contributed by atoms with E-state index in [0.717, 1.165) is 31.1 Å². The third-order valence-electron chi connectivity index (χ3n) is 4.91. The minimum absolute atomic E-state index is 0.285. The molecule has 0 aliphatic heterocycles. The van der Waals surface area contributed by atoms with E-state index in [1.54, 1.807) is 6.20 Å². The summed E-state index contributed by atoms with van der Waals surface area (Å²) in [6.45, 7) is 11.4. The topological polar surface area (TPSA) is 57.2 Å². The van der Waals surface area contributed by atoms with Crippen molar-refractivity contribution in [3.8, 4) is 0 Å². The molecule has 1 heterocycles. The van der Waals surface area contributed by atoms with Gasteiger partial charge in [0, 0.05) is 37.1 Å². The summed E-state index contributed by atoms with van der Waals surface area (Å²) in [7, 11) is 0. The van der Waals surface area contributed by atoms with Crippen LogP contribution in [0.5, 0.6) is 0 Å². The molecule has 0 fully saturated rings. The lowest BCUT2D eigenvalue weighted by Crippen LogP contribution is -2.31. The first-order valence-electron chi connectivity index (χ1n) is 10.2.